The van der Waals surface area contributed by atoms with Gasteiger partial charge < -0.3 is 29.9 Å². The first-order chi connectivity index (χ1) is 38.9. The molecule has 428 valence electrons. The van der Waals surface area contributed by atoms with Crippen molar-refractivity contribution in [3.63, 3.8) is 0 Å². The van der Waals surface area contributed by atoms with Gasteiger partial charge in [0, 0.05) is 83.4 Å². The second-order valence-electron chi connectivity index (χ2n) is 22.5. The number of piperidine rings is 2. The molecule has 81 heavy (non-hydrogen) atoms. The summed E-state index contributed by atoms with van der Waals surface area (Å²) in [6.45, 7) is 16.1. The van der Waals surface area contributed by atoms with E-state index in [0.29, 0.717) is 64.5 Å². The highest BCUT2D eigenvalue weighted by Gasteiger charge is 2.43. The van der Waals surface area contributed by atoms with Crippen LogP contribution in [-0.2, 0) is 27.6 Å². The highest BCUT2D eigenvalue weighted by Crippen LogP contribution is 2.34. The minimum Gasteiger partial charge on any atom is -0.437 e. The van der Waals surface area contributed by atoms with E-state index >= 15 is 0 Å². The molecule has 4 saturated heterocycles. The summed E-state index contributed by atoms with van der Waals surface area (Å²) in [7, 11) is 4.36. The Morgan fingerprint density at radius 3 is 1.23 bits per heavy atom. The maximum absolute atomic E-state index is 11.5. The van der Waals surface area contributed by atoms with E-state index in [1.807, 2.05) is 60.7 Å². The average molecular weight is 1180 g/mol. The van der Waals surface area contributed by atoms with E-state index in [4.69, 9.17) is 80.8 Å². The molecule has 2 aromatic carbocycles. The highest BCUT2D eigenvalue weighted by atomic mass is 35.5. The summed E-state index contributed by atoms with van der Waals surface area (Å²) in [6, 6.07) is 26.9. The van der Waals surface area contributed by atoms with E-state index in [0.717, 1.165) is 176 Å². The molecule has 2 N–H and O–H groups in total. The van der Waals surface area contributed by atoms with Crippen LogP contribution in [0.1, 0.15) is 50.7 Å². The van der Waals surface area contributed by atoms with Gasteiger partial charge in [0.2, 0.25) is 23.6 Å². The van der Waals surface area contributed by atoms with Gasteiger partial charge >= 0.3 is 0 Å². The zero-order valence-electron chi connectivity index (χ0n) is 46.6. The summed E-state index contributed by atoms with van der Waals surface area (Å²) in [5.74, 6) is 4.84. The standard InChI is InChI=1S/C60H70Cl4N12O5/c1-41(77)65-35-43-9-13-71(14-10-43)39-45-25-55(47-29-49(61)33-50(62)30-47)69-59(27-45)79-53-5-7-57(67-37-53)73-17-21-75(3,22-18-73)81-76(4)23-19-74(20-24-76)58-8-6-54(38-68-58)80-60-28-46(26-56(70-60)48-31-51(63)34-52(64)32-48)40-72-15-11-44(12-16-72)36-66-42(2)78/h5-8,25-34,37-38,43-44H,9-24,35-36,39-40H2,1-4H3/p+2. The van der Waals surface area contributed by atoms with Crippen molar-refractivity contribution in [3.05, 3.63) is 129 Å². The molecule has 0 aliphatic carbocycles. The number of aromatic nitrogens is 4. The molecule has 4 aromatic heterocycles. The van der Waals surface area contributed by atoms with Crippen molar-refractivity contribution in [3.8, 4) is 45.8 Å². The van der Waals surface area contributed by atoms with Crippen LogP contribution in [0.25, 0.3) is 22.5 Å². The lowest BCUT2D eigenvalue weighted by atomic mass is 9.96. The number of likely N-dealkylation sites (N-methyl/N-ethyl adjacent to an activating group) is 2. The topological polar surface area (TPSA) is 150 Å². The van der Waals surface area contributed by atoms with Gasteiger partial charge in [-0.3, -0.25) is 19.4 Å². The second-order valence-corrected chi connectivity index (χ2v) is 24.2. The number of carbonyl (C=O) groups excluding carboxylic acids is 2. The molecule has 0 spiro atoms. The predicted molar refractivity (Wildman–Crippen MR) is 319 cm³/mol. The van der Waals surface area contributed by atoms with Gasteiger partial charge in [-0.15, -0.1) is 9.29 Å². The van der Waals surface area contributed by atoms with E-state index in [9.17, 15) is 9.59 Å². The Kier molecular flexibility index (Phi) is 18.8. The van der Waals surface area contributed by atoms with Gasteiger partial charge in [-0.05, 0) is 153 Å². The molecule has 21 heteroatoms. The number of hydrogen-bond acceptors (Lipinski definition) is 13. The van der Waals surface area contributed by atoms with Gasteiger partial charge in [0.1, 0.15) is 63.4 Å². The van der Waals surface area contributed by atoms with Crippen LogP contribution in [0, 0.1) is 11.8 Å². The van der Waals surface area contributed by atoms with Crippen LogP contribution in [0.4, 0.5) is 11.6 Å². The van der Waals surface area contributed by atoms with Crippen molar-refractivity contribution in [1.29, 1.82) is 0 Å². The van der Waals surface area contributed by atoms with Gasteiger partial charge in [0.05, 0.1) is 50.0 Å². The molecule has 2 amide bonds. The lowest BCUT2D eigenvalue weighted by molar-refractivity contribution is -1.33. The number of ether oxygens (including phenoxy) is 2. The van der Waals surface area contributed by atoms with Crippen molar-refractivity contribution >= 4 is 69.9 Å². The lowest BCUT2D eigenvalue weighted by Gasteiger charge is -2.45. The maximum atomic E-state index is 11.5. The van der Waals surface area contributed by atoms with Crippen LogP contribution in [0.5, 0.6) is 23.3 Å². The minimum absolute atomic E-state index is 0.0150. The normalized spacial score (nSPS) is 18.1. The number of benzene rings is 2. The van der Waals surface area contributed by atoms with Crippen LogP contribution >= 0.6 is 46.4 Å². The number of halogens is 4. The number of hydrogen-bond donors (Lipinski definition) is 2. The van der Waals surface area contributed by atoms with E-state index in [1.165, 1.54) is 0 Å². The number of piperazine rings is 2. The molecule has 0 saturated carbocycles. The lowest BCUT2D eigenvalue weighted by Crippen LogP contribution is -2.67. The van der Waals surface area contributed by atoms with Crippen molar-refractivity contribution < 1.29 is 33.3 Å². The number of nitrogens with zero attached hydrogens (tertiary/aromatic N) is 10. The van der Waals surface area contributed by atoms with Gasteiger partial charge in [-0.1, -0.05) is 46.4 Å². The van der Waals surface area contributed by atoms with Gasteiger partial charge in [0.25, 0.3) is 0 Å². The Morgan fingerprint density at radius 1 is 0.531 bits per heavy atom. The largest absolute Gasteiger partial charge is 0.437 e. The Balaban J connectivity index is 0.716. The molecule has 4 fully saturated rings. The summed E-state index contributed by atoms with van der Waals surface area (Å²) >= 11 is 25.8. The van der Waals surface area contributed by atoms with Crippen LogP contribution in [-0.4, -0.2) is 157 Å². The number of quaternary nitrogens is 2. The number of anilines is 2. The van der Waals surface area contributed by atoms with Crippen LogP contribution in [0.2, 0.25) is 20.1 Å². The molecule has 0 atom stereocenters. The quantitative estimate of drug-likeness (QED) is 0.0787. The zero-order valence-corrected chi connectivity index (χ0v) is 49.6. The molecular weight excluding hydrogens is 1110 g/mol. The van der Waals surface area contributed by atoms with Gasteiger partial charge in [-0.2, -0.15) is 0 Å². The summed E-state index contributed by atoms with van der Waals surface area (Å²) in [4.78, 5) is 58.9. The third-order valence-corrected chi connectivity index (χ3v) is 16.7. The van der Waals surface area contributed by atoms with Gasteiger partial charge in [-0.25, -0.2) is 19.9 Å². The van der Waals surface area contributed by atoms with Crippen molar-refractivity contribution in [2.75, 3.05) is 116 Å². The van der Waals surface area contributed by atoms with Crippen molar-refractivity contribution in [1.82, 2.24) is 40.4 Å². The Hall–Kier alpha value is -5.86. The third kappa shape index (κ3) is 16.2. The first-order valence-corrected chi connectivity index (χ1v) is 29.5. The van der Waals surface area contributed by atoms with E-state index in [1.54, 1.807) is 38.4 Å². The molecule has 8 heterocycles. The van der Waals surface area contributed by atoms with Crippen molar-refractivity contribution in [2.24, 2.45) is 11.8 Å². The maximum Gasteiger partial charge on any atom is 0.220 e. The molecular formula is C60H72Cl4N12O5+2. The van der Waals surface area contributed by atoms with E-state index in [-0.39, 0.29) is 11.8 Å². The second kappa shape index (κ2) is 26.2. The number of pyridine rings is 4. The Morgan fingerprint density at radius 2 is 0.901 bits per heavy atom. The molecule has 4 aliphatic heterocycles. The number of nitrogens with one attached hydrogen (secondary N) is 2. The molecule has 0 radical (unpaired) electrons. The number of likely N-dealkylation sites (tertiary alicyclic amines) is 2. The predicted octanol–water partition coefficient (Wildman–Crippen LogP) is 10.6. The summed E-state index contributed by atoms with van der Waals surface area (Å²) in [6.07, 6.45) is 7.60. The average Bonchev–Trinajstić information content (AvgIpc) is 3.47. The highest BCUT2D eigenvalue weighted by molar-refractivity contribution is 6.35. The summed E-state index contributed by atoms with van der Waals surface area (Å²) in [5, 5.41) is 8.09. The fraction of sp³-hybridized carbons (Fsp3) is 0.433. The number of rotatable bonds is 18. The third-order valence-electron chi connectivity index (χ3n) is 15.8. The van der Waals surface area contributed by atoms with E-state index < -0.39 is 0 Å². The fourth-order valence-corrected chi connectivity index (χ4v) is 12.3. The SMILES string of the molecule is CC(=O)NCC1CCN(Cc2cc(Oc3ccc(N4CC[N+](C)(O[N+]5(C)CCN(c6ccc(Oc7cc(CN8CCC(CNC(C)=O)CC8)cc(-c8cc(Cl)cc(Cl)c8)n7)cn6)CC5)CC4)nc3)nc(-c3cc(Cl)cc(Cl)c3)c2)CC1. The van der Waals surface area contributed by atoms with Crippen molar-refractivity contribution in [2.45, 2.75) is 52.6 Å². The number of amides is 2. The van der Waals surface area contributed by atoms with Crippen LogP contribution in [0.3, 0.4) is 0 Å². The van der Waals surface area contributed by atoms with Crippen LogP contribution < -0.4 is 29.9 Å². The summed E-state index contributed by atoms with van der Waals surface area (Å²) in [5.41, 5.74) is 5.18. The first kappa shape index (κ1) is 58.3. The first-order valence-electron chi connectivity index (χ1n) is 28.0. The fourth-order valence-electron chi connectivity index (χ4n) is 11.2. The minimum atomic E-state index is 0.0150. The van der Waals surface area contributed by atoms with Gasteiger partial charge in [0.15, 0.2) is 0 Å². The molecule has 17 nitrogen and oxygen atoms in total. The number of carbonyl (C=O) groups is 2. The molecule has 0 bridgehead atoms. The van der Waals surface area contributed by atoms with Crippen LogP contribution in [0.15, 0.2) is 97.3 Å². The van der Waals surface area contributed by atoms with E-state index in [2.05, 4.69) is 56.5 Å². The zero-order chi connectivity index (χ0) is 56.7. The smallest absolute Gasteiger partial charge is 0.220 e. The summed E-state index contributed by atoms with van der Waals surface area (Å²) < 4.78 is 13.8. The molecule has 4 aliphatic rings. The molecule has 0 unspecified atom stereocenters. The number of hydroxylamine groups is 6. The Bertz CT molecular complexity index is 2900. The monoisotopic (exact) mass is 1180 g/mol. The molecule has 6 aromatic rings. The molecule has 10 rings (SSSR count). The Labute approximate surface area is 495 Å².